The molecular formula is C34H52O7. The molecule has 0 spiro atoms. The van der Waals surface area contributed by atoms with Gasteiger partial charge in [-0.2, -0.15) is 0 Å². The molecule has 7 heteroatoms. The quantitative estimate of drug-likeness (QED) is 0.119. The average Bonchev–Trinajstić information content (AvgIpc) is 2.87. The highest BCUT2D eigenvalue weighted by Gasteiger charge is 2.23. The lowest BCUT2D eigenvalue weighted by Gasteiger charge is -2.24. The van der Waals surface area contributed by atoms with Crippen LogP contribution in [0.1, 0.15) is 87.0 Å². The monoisotopic (exact) mass is 572 g/mol. The molecule has 0 unspecified atom stereocenters. The highest BCUT2D eigenvalue weighted by Crippen LogP contribution is 2.22. The Bertz CT molecular complexity index is 997. The lowest BCUT2D eigenvalue weighted by atomic mass is 9.94. The van der Waals surface area contributed by atoms with E-state index in [1.807, 2.05) is 45.1 Å². The first-order valence-corrected chi connectivity index (χ1v) is 14.8. The van der Waals surface area contributed by atoms with Gasteiger partial charge in [0.1, 0.15) is 12.2 Å². The van der Waals surface area contributed by atoms with E-state index in [2.05, 4.69) is 32.9 Å². The summed E-state index contributed by atoms with van der Waals surface area (Å²) >= 11 is 0. The van der Waals surface area contributed by atoms with Gasteiger partial charge in [-0.25, -0.2) is 4.79 Å². The number of carbonyl (C=O) groups excluding carboxylic acids is 2. The third-order valence-corrected chi connectivity index (χ3v) is 6.91. The normalized spacial score (nSPS) is 25.4. The molecule has 3 N–H and O–H groups in total. The van der Waals surface area contributed by atoms with E-state index in [1.165, 1.54) is 6.08 Å². The largest absolute Gasteiger partial charge is 0.462 e. The van der Waals surface area contributed by atoms with Crippen molar-refractivity contribution in [2.45, 2.75) is 118 Å². The highest BCUT2D eigenvalue weighted by atomic mass is 16.5. The van der Waals surface area contributed by atoms with E-state index >= 15 is 0 Å². The summed E-state index contributed by atoms with van der Waals surface area (Å²) in [5.41, 5.74) is 2.62. The number of rotatable bonds is 11. The Morgan fingerprint density at radius 3 is 2.37 bits per heavy atom. The van der Waals surface area contributed by atoms with E-state index in [9.17, 15) is 24.9 Å². The third-order valence-electron chi connectivity index (χ3n) is 6.91. The topological polar surface area (TPSA) is 113 Å². The molecular weight excluding hydrogens is 520 g/mol. The van der Waals surface area contributed by atoms with Crippen molar-refractivity contribution in [3.8, 4) is 0 Å². The van der Waals surface area contributed by atoms with Crippen LogP contribution in [0.5, 0.6) is 0 Å². The van der Waals surface area contributed by atoms with Gasteiger partial charge in [0.05, 0.1) is 18.3 Å². The van der Waals surface area contributed by atoms with Crippen LogP contribution < -0.4 is 0 Å². The lowest BCUT2D eigenvalue weighted by Crippen LogP contribution is -2.27. The molecule has 230 valence electrons. The average molecular weight is 573 g/mol. The van der Waals surface area contributed by atoms with Crippen molar-refractivity contribution in [2.24, 2.45) is 11.8 Å². The van der Waals surface area contributed by atoms with Crippen molar-refractivity contribution >= 4 is 11.9 Å². The molecule has 0 amide bonds. The molecule has 0 bridgehead atoms. The first-order chi connectivity index (χ1) is 19.3. The number of allylic oxidation sites excluding steroid dienone is 9. The smallest absolute Gasteiger partial charge is 0.331 e. The zero-order valence-corrected chi connectivity index (χ0v) is 26.0. The van der Waals surface area contributed by atoms with Gasteiger partial charge >= 0.3 is 11.9 Å². The maximum absolute atomic E-state index is 12.6. The molecule has 0 saturated carbocycles. The van der Waals surface area contributed by atoms with Crippen molar-refractivity contribution in [1.82, 2.24) is 0 Å². The number of cyclic esters (lactones) is 1. The van der Waals surface area contributed by atoms with Gasteiger partial charge < -0.3 is 24.8 Å². The van der Waals surface area contributed by atoms with Crippen LogP contribution in [0, 0.1) is 11.8 Å². The van der Waals surface area contributed by atoms with Gasteiger partial charge in [0, 0.05) is 25.3 Å². The van der Waals surface area contributed by atoms with E-state index in [0.717, 1.165) is 23.1 Å². The molecule has 7 nitrogen and oxygen atoms in total. The second-order valence-electron chi connectivity index (χ2n) is 11.6. The predicted octanol–water partition coefficient (Wildman–Crippen LogP) is 6.07. The van der Waals surface area contributed by atoms with E-state index < -0.39 is 24.3 Å². The zero-order chi connectivity index (χ0) is 30.9. The Morgan fingerprint density at radius 1 is 1.02 bits per heavy atom. The molecule has 41 heavy (non-hydrogen) atoms. The number of hydrogen-bond donors (Lipinski definition) is 3. The van der Waals surface area contributed by atoms with E-state index in [4.69, 9.17) is 9.47 Å². The summed E-state index contributed by atoms with van der Waals surface area (Å²) in [7, 11) is 0. The summed E-state index contributed by atoms with van der Waals surface area (Å²) < 4.78 is 11.4. The number of carbonyl (C=O) groups is 2. The molecule has 0 aromatic carbocycles. The Labute approximate surface area is 247 Å². The highest BCUT2D eigenvalue weighted by molar-refractivity contribution is 5.82. The second kappa shape index (κ2) is 19.4. The number of aliphatic hydroxyl groups is 3. The van der Waals surface area contributed by atoms with Crippen molar-refractivity contribution < 1.29 is 34.4 Å². The molecule has 1 rings (SSSR count). The fourth-order valence-electron chi connectivity index (χ4n) is 4.40. The maximum atomic E-state index is 12.6. The number of ether oxygens (including phenoxy) is 2. The summed E-state index contributed by atoms with van der Waals surface area (Å²) in [4.78, 5) is 24.9. The Morgan fingerprint density at radius 2 is 1.71 bits per heavy atom. The van der Waals surface area contributed by atoms with Gasteiger partial charge in [-0.1, -0.05) is 86.1 Å². The van der Waals surface area contributed by atoms with Gasteiger partial charge in [0.15, 0.2) is 0 Å². The molecule has 0 aliphatic carbocycles. The minimum Gasteiger partial charge on any atom is -0.462 e. The summed E-state index contributed by atoms with van der Waals surface area (Å²) in [5.74, 6) is -0.228. The first-order valence-electron chi connectivity index (χ1n) is 14.8. The Kier molecular flexibility index (Phi) is 17.2. The van der Waals surface area contributed by atoms with Crippen LogP contribution in [0.3, 0.4) is 0 Å². The van der Waals surface area contributed by atoms with Crippen LogP contribution in [0.4, 0.5) is 0 Å². The number of hydrogen-bond acceptors (Lipinski definition) is 7. The van der Waals surface area contributed by atoms with Gasteiger partial charge in [0.25, 0.3) is 0 Å². The van der Waals surface area contributed by atoms with Crippen LogP contribution in [-0.4, -0.2) is 57.8 Å². The van der Waals surface area contributed by atoms with E-state index in [-0.39, 0.29) is 36.4 Å². The fraction of sp³-hybridized carbons (Fsp3) is 0.588. The summed E-state index contributed by atoms with van der Waals surface area (Å²) in [6.07, 6.45) is 16.3. The minimum absolute atomic E-state index is 0.102. The molecule has 0 saturated heterocycles. The van der Waals surface area contributed by atoms with Crippen LogP contribution in [0.15, 0.2) is 71.4 Å². The SMILES string of the molecule is CC(=C\C=C\C(C)=C\[C@H](O)[C@@H](O)C[C@H](C)O)/C=C(C)/C=C/C(=O)O[C@H]1CCCC(=O)O[C@@H](C(C)C)C/C=C/C[C@@H]1C. The van der Waals surface area contributed by atoms with Crippen molar-refractivity contribution in [1.29, 1.82) is 0 Å². The fourth-order valence-corrected chi connectivity index (χ4v) is 4.40. The molecule has 1 aliphatic heterocycles. The lowest BCUT2D eigenvalue weighted by molar-refractivity contribution is -0.151. The van der Waals surface area contributed by atoms with Gasteiger partial charge in [-0.05, 0) is 58.8 Å². The van der Waals surface area contributed by atoms with Crippen LogP contribution in [-0.2, 0) is 19.1 Å². The Hall–Kier alpha value is -2.74. The number of esters is 2. The van der Waals surface area contributed by atoms with E-state index in [0.29, 0.717) is 25.7 Å². The molecule has 0 fully saturated rings. The summed E-state index contributed by atoms with van der Waals surface area (Å²) in [6.45, 7) is 13.4. The first kappa shape index (κ1) is 36.3. The maximum Gasteiger partial charge on any atom is 0.331 e. The molecule has 6 atom stereocenters. The Balaban J connectivity index is 2.73. The molecule has 0 aromatic rings. The summed E-state index contributed by atoms with van der Waals surface area (Å²) in [6, 6.07) is 0. The van der Waals surface area contributed by atoms with E-state index in [1.54, 1.807) is 19.1 Å². The zero-order valence-electron chi connectivity index (χ0n) is 26.0. The van der Waals surface area contributed by atoms with Crippen LogP contribution in [0.25, 0.3) is 0 Å². The minimum atomic E-state index is -1.05. The molecule has 0 aromatic heterocycles. The van der Waals surface area contributed by atoms with Crippen molar-refractivity contribution in [2.75, 3.05) is 0 Å². The summed E-state index contributed by atoms with van der Waals surface area (Å²) in [5, 5.41) is 29.3. The van der Waals surface area contributed by atoms with Crippen molar-refractivity contribution in [3.05, 3.63) is 71.4 Å². The van der Waals surface area contributed by atoms with Gasteiger partial charge in [0.2, 0.25) is 0 Å². The van der Waals surface area contributed by atoms with Crippen LogP contribution >= 0.6 is 0 Å². The number of aliphatic hydroxyl groups excluding tert-OH is 3. The standard InChI is InChI=1S/C34H52O7/c1-23(2)31-15-9-8-14-27(6)32(16-11-17-33(38)40-31)41-34(39)19-18-26(5)20-24(3)12-10-13-25(4)21-29(36)30(37)22-28(7)35/h8-10,12-13,18-21,23,27-32,35-37H,11,14-17,22H2,1-7H3/b9-8+,13-10+,19-18+,24-12+,25-21+,26-20+/t27-,28-,29-,30-,31+,32-/m0/s1. The van der Waals surface area contributed by atoms with Crippen LogP contribution in [0.2, 0.25) is 0 Å². The molecule has 1 heterocycles. The third kappa shape index (κ3) is 16.3. The molecule has 0 radical (unpaired) electrons. The predicted molar refractivity (Wildman–Crippen MR) is 164 cm³/mol. The molecule has 1 aliphatic rings. The second-order valence-corrected chi connectivity index (χ2v) is 11.6. The van der Waals surface area contributed by atoms with Crippen molar-refractivity contribution in [3.63, 3.8) is 0 Å². The van der Waals surface area contributed by atoms with Gasteiger partial charge in [-0.3, -0.25) is 4.79 Å². The van der Waals surface area contributed by atoms with Gasteiger partial charge in [-0.15, -0.1) is 0 Å².